The molecule has 0 unspecified atom stereocenters. The molecule has 0 spiro atoms. The van der Waals surface area contributed by atoms with E-state index in [0.29, 0.717) is 12.2 Å². The van der Waals surface area contributed by atoms with Gasteiger partial charge in [0, 0.05) is 6.54 Å². The fourth-order valence-corrected chi connectivity index (χ4v) is 1.65. The van der Waals surface area contributed by atoms with Crippen LogP contribution in [0.3, 0.4) is 0 Å². The Kier molecular flexibility index (Phi) is 5.55. The quantitative estimate of drug-likeness (QED) is 0.785. The third kappa shape index (κ3) is 3.64. The minimum atomic E-state index is -0.690. The van der Waals surface area contributed by atoms with Crippen LogP contribution in [0.5, 0.6) is 5.75 Å². The molecule has 2 N–H and O–H groups in total. The second kappa shape index (κ2) is 6.70. The van der Waals surface area contributed by atoms with Crippen molar-refractivity contribution in [1.29, 1.82) is 0 Å². The monoisotopic (exact) mass is 247 g/mol. The summed E-state index contributed by atoms with van der Waals surface area (Å²) >= 11 is 1.67. The molecule has 0 saturated heterocycles. The fourth-order valence-electron chi connectivity index (χ4n) is 1.25. The van der Waals surface area contributed by atoms with Gasteiger partial charge in [-0.2, -0.15) is 11.8 Å². The van der Waals surface area contributed by atoms with Crippen molar-refractivity contribution in [2.45, 2.75) is 13.0 Å². The van der Waals surface area contributed by atoms with E-state index >= 15 is 0 Å². The van der Waals surface area contributed by atoms with Crippen LogP contribution < -0.4 is 10.5 Å². The molecule has 0 radical (unpaired) electrons. The molecule has 0 aliphatic rings. The van der Waals surface area contributed by atoms with E-state index in [1.54, 1.807) is 11.8 Å². The number of hydrogen-bond donors (Lipinski definition) is 1. The highest BCUT2D eigenvalue weighted by Gasteiger charge is 2.11. The molecule has 0 saturated carbocycles. The van der Waals surface area contributed by atoms with E-state index in [9.17, 15) is 8.78 Å². The Morgan fingerprint density at radius 1 is 1.31 bits per heavy atom. The minimum absolute atomic E-state index is 0.112. The molecule has 0 bridgehead atoms. The number of nitrogens with two attached hydrogens (primary N) is 1. The summed E-state index contributed by atoms with van der Waals surface area (Å²) in [5, 5.41) is 0. The number of thioether (sulfide) groups is 1. The van der Waals surface area contributed by atoms with Crippen LogP contribution in [-0.4, -0.2) is 18.6 Å². The van der Waals surface area contributed by atoms with Crippen molar-refractivity contribution in [3.63, 3.8) is 0 Å². The van der Waals surface area contributed by atoms with Crippen molar-refractivity contribution in [2.24, 2.45) is 5.73 Å². The molecule has 2 nitrogen and oxygen atoms in total. The lowest BCUT2D eigenvalue weighted by molar-refractivity contribution is 0.285. The van der Waals surface area contributed by atoms with Gasteiger partial charge in [-0.25, -0.2) is 8.78 Å². The zero-order chi connectivity index (χ0) is 12.0. The number of ether oxygens (including phenoxy) is 1. The SMILES string of the molecule is CSCCCOc1c(F)cc(CN)cc1F. The maximum absolute atomic E-state index is 13.4. The molecule has 90 valence electrons. The van der Waals surface area contributed by atoms with E-state index in [4.69, 9.17) is 10.5 Å². The molecule has 5 heteroatoms. The summed E-state index contributed by atoms with van der Waals surface area (Å²) in [6.07, 6.45) is 2.73. The first-order chi connectivity index (χ1) is 7.69. The third-order valence-corrected chi connectivity index (χ3v) is 2.73. The molecule has 0 aliphatic carbocycles. The molecule has 0 atom stereocenters. The van der Waals surface area contributed by atoms with Crippen LogP contribution in [0.4, 0.5) is 8.78 Å². The van der Waals surface area contributed by atoms with Gasteiger partial charge in [0.25, 0.3) is 0 Å². The van der Waals surface area contributed by atoms with Gasteiger partial charge in [0.2, 0.25) is 0 Å². The molecule has 0 heterocycles. The molecule has 0 aliphatic heterocycles. The van der Waals surface area contributed by atoms with E-state index in [1.165, 1.54) is 12.1 Å². The Labute approximate surface area is 98.2 Å². The highest BCUT2D eigenvalue weighted by molar-refractivity contribution is 7.98. The number of rotatable bonds is 6. The summed E-state index contributed by atoms with van der Waals surface area (Å²) in [6.45, 7) is 0.428. The standard InChI is InChI=1S/C11H15F2NOS/c1-16-4-2-3-15-11-9(12)5-8(7-14)6-10(11)13/h5-6H,2-4,7,14H2,1H3. The van der Waals surface area contributed by atoms with Crippen LogP contribution in [0, 0.1) is 11.6 Å². The van der Waals surface area contributed by atoms with Gasteiger partial charge in [-0.15, -0.1) is 0 Å². The Hall–Kier alpha value is -0.810. The van der Waals surface area contributed by atoms with E-state index < -0.39 is 11.6 Å². The smallest absolute Gasteiger partial charge is 0.190 e. The van der Waals surface area contributed by atoms with Crippen LogP contribution in [-0.2, 0) is 6.54 Å². The first kappa shape index (κ1) is 13.3. The highest BCUT2D eigenvalue weighted by Crippen LogP contribution is 2.23. The van der Waals surface area contributed by atoms with Gasteiger partial charge >= 0.3 is 0 Å². The zero-order valence-electron chi connectivity index (χ0n) is 9.13. The van der Waals surface area contributed by atoms with Crippen molar-refractivity contribution in [3.8, 4) is 5.75 Å². The van der Waals surface area contributed by atoms with Crippen molar-refractivity contribution in [3.05, 3.63) is 29.3 Å². The summed E-state index contributed by atoms with van der Waals surface area (Å²) in [5.74, 6) is -0.781. The summed E-state index contributed by atoms with van der Waals surface area (Å²) in [4.78, 5) is 0. The van der Waals surface area contributed by atoms with Gasteiger partial charge in [-0.3, -0.25) is 0 Å². The Balaban J connectivity index is 2.65. The number of benzene rings is 1. The minimum Gasteiger partial charge on any atom is -0.488 e. The van der Waals surface area contributed by atoms with Gasteiger partial charge in [0.05, 0.1) is 6.61 Å². The van der Waals surface area contributed by atoms with Gasteiger partial charge in [0.1, 0.15) is 0 Å². The van der Waals surface area contributed by atoms with Gasteiger partial charge in [-0.1, -0.05) is 0 Å². The van der Waals surface area contributed by atoms with Gasteiger partial charge in [0.15, 0.2) is 17.4 Å². The van der Waals surface area contributed by atoms with Crippen LogP contribution in [0.2, 0.25) is 0 Å². The molecule has 0 aromatic heterocycles. The molecular weight excluding hydrogens is 232 g/mol. The largest absolute Gasteiger partial charge is 0.488 e. The lowest BCUT2D eigenvalue weighted by Crippen LogP contribution is -2.05. The van der Waals surface area contributed by atoms with Crippen molar-refractivity contribution >= 4 is 11.8 Å². The molecule has 0 amide bonds. The molecule has 1 rings (SSSR count). The maximum Gasteiger partial charge on any atom is 0.190 e. The molecule has 1 aromatic carbocycles. The van der Waals surface area contributed by atoms with E-state index in [2.05, 4.69) is 0 Å². The topological polar surface area (TPSA) is 35.2 Å². The maximum atomic E-state index is 13.4. The predicted molar refractivity (Wildman–Crippen MR) is 62.7 cm³/mol. The molecule has 16 heavy (non-hydrogen) atoms. The summed E-state index contributed by atoms with van der Waals surface area (Å²) in [6, 6.07) is 2.40. The Bertz CT molecular complexity index is 324. The first-order valence-electron chi connectivity index (χ1n) is 4.98. The predicted octanol–water partition coefficient (Wildman–Crippen LogP) is 2.56. The van der Waals surface area contributed by atoms with Crippen LogP contribution in [0.15, 0.2) is 12.1 Å². The second-order valence-electron chi connectivity index (χ2n) is 3.29. The summed E-state index contributed by atoms with van der Waals surface area (Å²) < 4.78 is 31.8. The molecule has 1 aromatic rings. The lowest BCUT2D eigenvalue weighted by Gasteiger charge is -2.09. The number of halogens is 2. The zero-order valence-corrected chi connectivity index (χ0v) is 9.95. The van der Waals surface area contributed by atoms with Crippen molar-refractivity contribution in [1.82, 2.24) is 0 Å². The van der Waals surface area contributed by atoms with Crippen molar-refractivity contribution in [2.75, 3.05) is 18.6 Å². The van der Waals surface area contributed by atoms with E-state index in [-0.39, 0.29) is 12.3 Å². The van der Waals surface area contributed by atoms with Gasteiger partial charge < -0.3 is 10.5 Å². The first-order valence-corrected chi connectivity index (χ1v) is 6.38. The third-order valence-electron chi connectivity index (χ3n) is 2.03. The number of hydrogen-bond acceptors (Lipinski definition) is 3. The average Bonchev–Trinajstić information content (AvgIpc) is 2.26. The Morgan fingerprint density at radius 3 is 2.44 bits per heavy atom. The fraction of sp³-hybridized carbons (Fsp3) is 0.455. The second-order valence-corrected chi connectivity index (χ2v) is 4.27. The summed E-state index contributed by atoms with van der Waals surface area (Å²) in [5.41, 5.74) is 5.72. The molecule has 0 fully saturated rings. The molecular formula is C11H15F2NOS. The lowest BCUT2D eigenvalue weighted by atomic mass is 10.2. The van der Waals surface area contributed by atoms with Crippen LogP contribution in [0.25, 0.3) is 0 Å². The van der Waals surface area contributed by atoms with Crippen LogP contribution >= 0.6 is 11.8 Å². The Morgan fingerprint density at radius 2 is 1.94 bits per heavy atom. The average molecular weight is 247 g/mol. The van der Waals surface area contributed by atoms with E-state index in [0.717, 1.165) is 12.2 Å². The summed E-state index contributed by atoms with van der Waals surface area (Å²) in [7, 11) is 0. The van der Waals surface area contributed by atoms with Gasteiger partial charge in [-0.05, 0) is 36.1 Å². The van der Waals surface area contributed by atoms with Crippen LogP contribution in [0.1, 0.15) is 12.0 Å². The van der Waals surface area contributed by atoms with Crippen molar-refractivity contribution < 1.29 is 13.5 Å². The van der Waals surface area contributed by atoms with E-state index in [1.807, 2.05) is 6.26 Å². The highest BCUT2D eigenvalue weighted by atomic mass is 32.2. The normalized spacial score (nSPS) is 10.5.